The second-order valence-electron chi connectivity index (χ2n) is 4.33. The van der Waals surface area contributed by atoms with Gasteiger partial charge < -0.3 is 15.8 Å². The molecule has 0 heterocycles. The highest BCUT2D eigenvalue weighted by Gasteiger charge is 2.13. The number of carbonyl (C=O) groups excluding carboxylic acids is 2. The van der Waals surface area contributed by atoms with Crippen LogP contribution in [0.5, 0.6) is 0 Å². The zero-order chi connectivity index (χ0) is 14.3. The number of anilines is 1. The topological polar surface area (TPSA) is 81.4 Å². The van der Waals surface area contributed by atoms with E-state index >= 15 is 0 Å². The molecule has 5 nitrogen and oxygen atoms in total. The van der Waals surface area contributed by atoms with Gasteiger partial charge in [0.15, 0.2) is 0 Å². The van der Waals surface area contributed by atoms with Crippen LogP contribution in [-0.2, 0) is 9.53 Å². The summed E-state index contributed by atoms with van der Waals surface area (Å²) in [6.07, 6.45) is 1.94. The maximum Gasteiger partial charge on any atom is 0.339 e. The van der Waals surface area contributed by atoms with Gasteiger partial charge in [-0.2, -0.15) is 0 Å². The molecule has 0 aliphatic heterocycles. The molecule has 0 unspecified atom stereocenters. The number of nitrogens with two attached hydrogens (primary N) is 1. The first-order valence-corrected chi connectivity index (χ1v) is 6.27. The number of aryl methyl sites for hydroxylation is 1. The van der Waals surface area contributed by atoms with E-state index in [1.165, 1.54) is 7.11 Å². The molecular formula is C14H20N2O3. The van der Waals surface area contributed by atoms with E-state index in [9.17, 15) is 9.59 Å². The summed E-state index contributed by atoms with van der Waals surface area (Å²) in [5.41, 5.74) is 7.16. The molecule has 1 aromatic carbocycles. The zero-order valence-electron chi connectivity index (χ0n) is 11.4. The fourth-order valence-electron chi connectivity index (χ4n) is 1.69. The van der Waals surface area contributed by atoms with Crippen LogP contribution in [0.3, 0.4) is 0 Å². The lowest BCUT2D eigenvalue weighted by Gasteiger charge is -2.10. The molecule has 0 saturated carbocycles. The van der Waals surface area contributed by atoms with Gasteiger partial charge >= 0.3 is 5.97 Å². The molecule has 104 valence electrons. The van der Waals surface area contributed by atoms with Gasteiger partial charge in [-0.05, 0) is 38.4 Å². The second kappa shape index (κ2) is 7.53. The van der Waals surface area contributed by atoms with Gasteiger partial charge in [-0.15, -0.1) is 0 Å². The van der Waals surface area contributed by atoms with Crippen LogP contribution in [0.15, 0.2) is 18.2 Å². The van der Waals surface area contributed by atoms with Crippen LogP contribution in [0.1, 0.15) is 35.2 Å². The van der Waals surface area contributed by atoms with Gasteiger partial charge in [-0.25, -0.2) is 4.79 Å². The third-order valence-electron chi connectivity index (χ3n) is 2.71. The van der Waals surface area contributed by atoms with Crippen molar-refractivity contribution in [2.75, 3.05) is 19.0 Å². The molecular weight excluding hydrogens is 244 g/mol. The fraction of sp³-hybridized carbons (Fsp3) is 0.429. The Kier molecular flexibility index (Phi) is 6.02. The molecule has 0 spiro atoms. The molecule has 0 fully saturated rings. The quantitative estimate of drug-likeness (QED) is 0.607. The van der Waals surface area contributed by atoms with Crippen molar-refractivity contribution in [1.29, 1.82) is 0 Å². The first kappa shape index (κ1) is 15.2. The average molecular weight is 264 g/mol. The summed E-state index contributed by atoms with van der Waals surface area (Å²) in [5, 5.41) is 2.73. The van der Waals surface area contributed by atoms with E-state index in [1.807, 2.05) is 13.0 Å². The van der Waals surface area contributed by atoms with E-state index in [-0.39, 0.29) is 5.91 Å². The normalized spacial score (nSPS) is 10.1. The van der Waals surface area contributed by atoms with E-state index in [2.05, 4.69) is 5.32 Å². The number of benzene rings is 1. The first-order chi connectivity index (χ1) is 9.08. The lowest BCUT2D eigenvalue weighted by atomic mass is 10.1. The fourth-order valence-corrected chi connectivity index (χ4v) is 1.69. The van der Waals surface area contributed by atoms with E-state index < -0.39 is 5.97 Å². The van der Waals surface area contributed by atoms with Crippen LogP contribution < -0.4 is 11.1 Å². The third-order valence-corrected chi connectivity index (χ3v) is 2.71. The van der Waals surface area contributed by atoms with E-state index in [0.29, 0.717) is 24.2 Å². The summed E-state index contributed by atoms with van der Waals surface area (Å²) in [5.74, 6) is -0.580. The number of carbonyl (C=O) groups is 2. The molecule has 0 radical (unpaired) electrons. The van der Waals surface area contributed by atoms with Gasteiger partial charge in [0.1, 0.15) is 0 Å². The van der Waals surface area contributed by atoms with E-state index in [0.717, 1.165) is 18.4 Å². The Morgan fingerprint density at radius 3 is 2.68 bits per heavy atom. The second-order valence-corrected chi connectivity index (χ2v) is 4.33. The average Bonchev–Trinajstić information content (AvgIpc) is 2.40. The van der Waals surface area contributed by atoms with Crippen molar-refractivity contribution in [3.8, 4) is 0 Å². The van der Waals surface area contributed by atoms with Crippen LogP contribution >= 0.6 is 0 Å². The van der Waals surface area contributed by atoms with Crippen molar-refractivity contribution in [3.63, 3.8) is 0 Å². The van der Waals surface area contributed by atoms with Gasteiger partial charge in [0.25, 0.3) is 0 Å². The molecule has 3 N–H and O–H groups in total. The minimum atomic E-state index is -0.457. The largest absolute Gasteiger partial charge is 0.465 e. The summed E-state index contributed by atoms with van der Waals surface area (Å²) in [7, 11) is 1.32. The summed E-state index contributed by atoms with van der Waals surface area (Å²) in [4.78, 5) is 23.4. The van der Waals surface area contributed by atoms with Crippen molar-refractivity contribution in [3.05, 3.63) is 29.3 Å². The highest BCUT2D eigenvalue weighted by atomic mass is 16.5. The predicted molar refractivity (Wildman–Crippen MR) is 74.1 cm³/mol. The number of unbranched alkanes of at least 4 members (excludes halogenated alkanes) is 1. The van der Waals surface area contributed by atoms with Gasteiger partial charge in [0.2, 0.25) is 5.91 Å². The van der Waals surface area contributed by atoms with Gasteiger partial charge in [-0.1, -0.05) is 11.6 Å². The maximum atomic E-state index is 11.7. The van der Waals surface area contributed by atoms with Crippen LogP contribution in [0.25, 0.3) is 0 Å². The van der Waals surface area contributed by atoms with Crippen LogP contribution in [0, 0.1) is 6.92 Å². The van der Waals surface area contributed by atoms with Crippen LogP contribution in [0.2, 0.25) is 0 Å². The van der Waals surface area contributed by atoms with Crippen LogP contribution in [0.4, 0.5) is 5.69 Å². The van der Waals surface area contributed by atoms with Crippen LogP contribution in [-0.4, -0.2) is 25.5 Å². The third kappa shape index (κ3) is 4.71. The Bertz CT molecular complexity index is 458. The van der Waals surface area contributed by atoms with Gasteiger partial charge in [0, 0.05) is 6.42 Å². The molecule has 0 atom stereocenters. The smallest absolute Gasteiger partial charge is 0.339 e. The lowest BCUT2D eigenvalue weighted by Crippen LogP contribution is -2.15. The molecule has 19 heavy (non-hydrogen) atoms. The number of rotatable bonds is 6. The van der Waals surface area contributed by atoms with Crippen molar-refractivity contribution in [2.24, 2.45) is 5.73 Å². The Morgan fingerprint density at radius 2 is 2.05 bits per heavy atom. The molecule has 1 rings (SSSR count). The monoisotopic (exact) mass is 264 g/mol. The van der Waals surface area contributed by atoms with Crippen molar-refractivity contribution in [1.82, 2.24) is 0 Å². The number of nitrogens with one attached hydrogen (secondary N) is 1. The van der Waals surface area contributed by atoms with Crippen molar-refractivity contribution >= 4 is 17.6 Å². The lowest BCUT2D eigenvalue weighted by molar-refractivity contribution is -0.116. The summed E-state index contributed by atoms with van der Waals surface area (Å²) in [6.45, 7) is 2.45. The van der Waals surface area contributed by atoms with Crippen molar-refractivity contribution in [2.45, 2.75) is 26.2 Å². The zero-order valence-corrected chi connectivity index (χ0v) is 11.4. The maximum absolute atomic E-state index is 11.7. The minimum absolute atomic E-state index is 0.123. The molecule has 1 aromatic rings. The Morgan fingerprint density at radius 1 is 1.32 bits per heavy atom. The molecule has 5 heteroatoms. The Balaban J connectivity index is 2.77. The summed E-state index contributed by atoms with van der Waals surface area (Å²) in [6, 6.07) is 5.24. The number of hydrogen-bond donors (Lipinski definition) is 2. The van der Waals surface area contributed by atoms with Crippen molar-refractivity contribution < 1.29 is 14.3 Å². The standard InChI is InChI=1S/C14H20N2O3/c1-10-6-7-12(11(9-10)14(18)19-2)16-13(17)5-3-4-8-15/h6-7,9H,3-5,8,15H2,1-2H3,(H,16,17). The number of esters is 1. The van der Waals surface area contributed by atoms with E-state index in [4.69, 9.17) is 10.5 Å². The molecule has 0 bridgehead atoms. The van der Waals surface area contributed by atoms with E-state index in [1.54, 1.807) is 12.1 Å². The molecule has 0 aromatic heterocycles. The number of amides is 1. The molecule has 0 aliphatic carbocycles. The van der Waals surface area contributed by atoms with Gasteiger partial charge in [-0.3, -0.25) is 4.79 Å². The number of methoxy groups -OCH3 is 1. The molecule has 0 saturated heterocycles. The molecule has 0 aliphatic rings. The Hall–Kier alpha value is -1.88. The Labute approximate surface area is 113 Å². The SMILES string of the molecule is COC(=O)c1cc(C)ccc1NC(=O)CCCCN. The highest BCUT2D eigenvalue weighted by Crippen LogP contribution is 2.18. The molecule has 1 amide bonds. The number of hydrogen-bond acceptors (Lipinski definition) is 4. The van der Waals surface area contributed by atoms with Gasteiger partial charge in [0.05, 0.1) is 18.4 Å². The summed E-state index contributed by atoms with van der Waals surface area (Å²) < 4.78 is 4.71. The highest BCUT2D eigenvalue weighted by molar-refractivity contribution is 6.01. The minimum Gasteiger partial charge on any atom is -0.465 e. The summed E-state index contributed by atoms with van der Waals surface area (Å²) >= 11 is 0. The predicted octanol–water partition coefficient (Wildman–Crippen LogP) is 1.85. The first-order valence-electron chi connectivity index (χ1n) is 6.27. The number of ether oxygens (including phenoxy) is 1.